The smallest absolute Gasteiger partial charge is 0.328 e. The van der Waals surface area contributed by atoms with Crippen molar-refractivity contribution in [1.29, 1.82) is 0 Å². The van der Waals surface area contributed by atoms with E-state index >= 15 is 0 Å². The zero-order valence-corrected chi connectivity index (χ0v) is 10.3. The molecule has 0 bridgehead atoms. The van der Waals surface area contributed by atoms with Crippen LogP contribution in [0, 0.1) is 0 Å². The summed E-state index contributed by atoms with van der Waals surface area (Å²) in [6, 6.07) is -1.99. The molecule has 4 N–H and O–H groups in total. The van der Waals surface area contributed by atoms with Crippen molar-refractivity contribution in [2.75, 3.05) is 11.9 Å². The number of nitrogens with one attached hydrogen (secondary N) is 2. The molecule has 98 valence electrons. The molecule has 0 aliphatic heterocycles. The maximum Gasteiger partial charge on any atom is 0.328 e. The van der Waals surface area contributed by atoms with E-state index in [4.69, 9.17) is 10.2 Å². The number of carboxylic acid groups (broad SMARTS) is 1. The molecular formula is C10H13N3O4S. The minimum absolute atomic E-state index is 0.458. The number of carbonyl (C=O) groups is 2. The average Bonchev–Trinajstić information content (AvgIpc) is 2.85. The van der Waals surface area contributed by atoms with Gasteiger partial charge in [0.1, 0.15) is 0 Å². The lowest BCUT2D eigenvalue weighted by Gasteiger charge is -2.11. The van der Waals surface area contributed by atoms with Crippen LogP contribution in [0.5, 0.6) is 0 Å². The molecule has 0 saturated carbocycles. The van der Waals surface area contributed by atoms with Gasteiger partial charge in [0, 0.05) is 4.88 Å². The van der Waals surface area contributed by atoms with E-state index in [1.807, 2.05) is 0 Å². The Balaban J connectivity index is 1.92. The number of fused-ring (bicyclic) bond motifs is 1. The Hall–Kier alpha value is -1.67. The fraction of sp³-hybridized carbons (Fsp3) is 0.500. The van der Waals surface area contributed by atoms with Crippen LogP contribution < -0.4 is 10.6 Å². The summed E-state index contributed by atoms with van der Waals surface area (Å²) in [5, 5.41) is 22.5. The van der Waals surface area contributed by atoms with Gasteiger partial charge in [-0.25, -0.2) is 14.6 Å². The zero-order chi connectivity index (χ0) is 13.1. The van der Waals surface area contributed by atoms with Gasteiger partial charge in [0.2, 0.25) is 0 Å². The molecule has 0 spiro atoms. The predicted octanol–water partition coefficient (Wildman–Crippen LogP) is 0.199. The second-order valence-corrected chi connectivity index (χ2v) is 5.00. The number of aryl methyl sites for hydroxylation is 2. The fourth-order valence-electron chi connectivity index (χ4n) is 1.72. The molecule has 8 heteroatoms. The third-order valence-corrected chi connectivity index (χ3v) is 3.67. The Morgan fingerprint density at radius 1 is 1.44 bits per heavy atom. The molecule has 0 aromatic carbocycles. The normalized spacial score (nSPS) is 14.9. The summed E-state index contributed by atoms with van der Waals surface area (Å²) in [5.41, 5.74) is 1.01. The lowest BCUT2D eigenvalue weighted by Crippen LogP contribution is -2.45. The second kappa shape index (κ2) is 5.32. The van der Waals surface area contributed by atoms with Gasteiger partial charge >= 0.3 is 12.0 Å². The lowest BCUT2D eigenvalue weighted by atomic mass is 10.3. The van der Waals surface area contributed by atoms with E-state index in [0.717, 1.165) is 25.0 Å². The van der Waals surface area contributed by atoms with Gasteiger partial charge in [0.25, 0.3) is 0 Å². The van der Waals surface area contributed by atoms with Gasteiger partial charge in [-0.05, 0) is 19.3 Å². The number of thiazole rings is 1. The van der Waals surface area contributed by atoms with Crippen LogP contribution in [0.1, 0.15) is 17.0 Å². The number of aliphatic hydroxyl groups excluding tert-OH is 1. The van der Waals surface area contributed by atoms with Gasteiger partial charge in [0.15, 0.2) is 11.2 Å². The van der Waals surface area contributed by atoms with Gasteiger partial charge in [-0.3, -0.25) is 5.32 Å². The molecule has 2 rings (SSSR count). The monoisotopic (exact) mass is 271 g/mol. The highest BCUT2D eigenvalue weighted by atomic mass is 32.1. The van der Waals surface area contributed by atoms with E-state index in [-0.39, 0.29) is 0 Å². The first kappa shape index (κ1) is 12.8. The molecule has 2 amide bonds. The summed E-state index contributed by atoms with van der Waals surface area (Å²) in [4.78, 5) is 27.5. The Labute approximate surface area is 107 Å². The molecule has 18 heavy (non-hydrogen) atoms. The Kier molecular flexibility index (Phi) is 3.78. The van der Waals surface area contributed by atoms with Crippen LogP contribution in [0.4, 0.5) is 9.93 Å². The van der Waals surface area contributed by atoms with Gasteiger partial charge in [-0.1, -0.05) is 0 Å². The first-order valence-corrected chi connectivity index (χ1v) is 6.31. The summed E-state index contributed by atoms with van der Waals surface area (Å²) in [6.45, 7) is -0.656. The summed E-state index contributed by atoms with van der Waals surface area (Å²) in [5.74, 6) is -1.28. The zero-order valence-electron chi connectivity index (χ0n) is 9.47. The fourth-order valence-corrected chi connectivity index (χ4v) is 2.77. The number of amides is 2. The largest absolute Gasteiger partial charge is 0.480 e. The summed E-state index contributed by atoms with van der Waals surface area (Å²) >= 11 is 1.40. The van der Waals surface area contributed by atoms with E-state index in [9.17, 15) is 9.59 Å². The molecule has 7 nitrogen and oxygen atoms in total. The van der Waals surface area contributed by atoms with Crippen LogP contribution in [-0.4, -0.2) is 39.8 Å². The van der Waals surface area contributed by atoms with Crippen molar-refractivity contribution in [2.45, 2.75) is 25.3 Å². The van der Waals surface area contributed by atoms with Gasteiger partial charge in [-0.15, -0.1) is 11.3 Å². The number of hydrogen-bond acceptors (Lipinski definition) is 5. The maximum atomic E-state index is 11.5. The number of urea groups is 1. The van der Waals surface area contributed by atoms with E-state index in [1.54, 1.807) is 0 Å². The highest BCUT2D eigenvalue weighted by Crippen LogP contribution is 2.30. The molecule has 1 heterocycles. The van der Waals surface area contributed by atoms with Crippen molar-refractivity contribution in [1.82, 2.24) is 10.3 Å². The first-order valence-electron chi connectivity index (χ1n) is 5.50. The second-order valence-electron chi connectivity index (χ2n) is 3.91. The molecule has 1 atom stereocenters. The van der Waals surface area contributed by atoms with Crippen LogP contribution in [0.25, 0.3) is 0 Å². The van der Waals surface area contributed by atoms with Crippen LogP contribution in [0.3, 0.4) is 0 Å². The topological polar surface area (TPSA) is 112 Å². The molecule has 0 unspecified atom stereocenters. The molecule has 0 fully saturated rings. The Morgan fingerprint density at radius 3 is 2.83 bits per heavy atom. The molecular weight excluding hydrogens is 258 g/mol. The van der Waals surface area contributed by atoms with Gasteiger partial charge in [0.05, 0.1) is 12.3 Å². The van der Waals surface area contributed by atoms with E-state index in [2.05, 4.69) is 15.6 Å². The number of rotatable bonds is 4. The predicted molar refractivity (Wildman–Crippen MR) is 64.8 cm³/mol. The number of carboxylic acids is 1. The standard InChI is InChI=1S/C10H13N3O4S/c14-4-6(8(15)16)11-9(17)13-10-12-5-2-1-3-7(5)18-10/h6,14H,1-4H2,(H,15,16)(H2,11,12,13,17)/t6-/m1/s1. The number of aliphatic hydroxyl groups is 1. The number of aromatic nitrogens is 1. The highest BCUT2D eigenvalue weighted by molar-refractivity contribution is 7.15. The SMILES string of the molecule is O=C(Nc1nc2c(s1)CCC2)N[C@H](CO)C(=O)O. The van der Waals surface area contributed by atoms with Crippen LogP contribution in [0.15, 0.2) is 0 Å². The molecule has 0 radical (unpaired) electrons. The van der Waals surface area contributed by atoms with Crippen molar-refractivity contribution in [3.8, 4) is 0 Å². The quantitative estimate of drug-likeness (QED) is 0.625. The van der Waals surface area contributed by atoms with Crippen molar-refractivity contribution in [3.63, 3.8) is 0 Å². The number of anilines is 1. The Morgan fingerprint density at radius 2 is 2.22 bits per heavy atom. The highest BCUT2D eigenvalue weighted by Gasteiger charge is 2.21. The van der Waals surface area contributed by atoms with Crippen molar-refractivity contribution < 1.29 is 19.8 Å². The van der Waals surface area contributed by atoms with Gasteiger partial charge < -0.3 is 15.5 Å². The van der Waals surface area contributed by atoms with E-state index in [1.165, 1.54) is 16.2 Å². The van der Waals surface area contributed by atoms with E-state index < -0.39 is 24.6 Å². The molecule has 1 aromatic heterocycles. The summed E-state index contributed by atoms with van der Waals surface area (Å²) in [6.07, 6.45) is 2.99. The van der Waals surface area contributed by atoms with Crippen LogP contribution >= 0.6 is 11.3 Å². The average molecular weight is 271 g/mol. The molecule has 1 aliphatic carbocycles. The Bertz CT molecular complexity index is 452. The lowest BCUT2D eigenvalue weighted by molar-refractivity contribution is -0.140. The third-order valence-electron chi connectivity index (χ3n) is 2.60. The third kappa shape index (κ3) is 2.77. The summed E-state index contributed by atoms with van der Waals surface area (Å²) < 4.78 is 0. The maximum absolute atomic E-state index is 11.5. The molecule has 1 aliphatic rings. The number of aliphatic carboxylic acids is 1. The van der Waals surface area contributed by atoms with Crippen LogP contribution in [0.2, 0.25) is 0 Å². The van der Waals surface area contributed by atoms with Crippen molar-refractivity contribution >= 4 is 28.5 Å². The van der Waals surface area contributed by atoms with E-state index in [0.29, 0.717) is 5.13 Å². The molecule has 1 aromatic rings. The number of hydrogen-bond donors (Lipinski definition) is 4. The number of nitrogens with zero attached hydrogens (tertiary/aromatic N) is 1. The van der Waals surface area contributed by atoms with Crippen molar-refractivity contribution in [2.24, 2.45) is 0 Å². The number of carbonyl (C=O) groups excluding carboxylic acids is 1. The van der Waals surface area contributed by atoms with Crippen molar-refractivity contribution in [3.05, 3.63) is 10.6 Å². The minimum atomic E-state index is -1.31. The summed E-state index contributed by atoms with van der Waals surface area (Å²) in [7, 11) is 0. The molecule has 0 saturated heterocycles. The van der Waals surface area contributed by atoms with Crippen LogP contribution in [-0.2, 0) is 17.6 Å². The first-order chi connectivity index (χ1) is 8.60. The minimum Gasteiger partial charge on any atom is -0.480 e. The van der Waals surface area contributed by atoms with Gasteiger partial charge in [-0.2, -0.15) is 0 Å².